The second-order valence-electron chi connectivity index (χ2n) is 6.29. The Bertz CT molecular complexity index is 987. The van der Waals surface area contributed by atoms with Crippen LogP contribution in [-0.2, 0) is 10.0 Å². The number of hydrogen-bond donors (Lipinski definition) is 1. The summed E-state index contributed by atoms with van der Waals surface area (Å²) in [5.41, 5.74) is 0.962. The summed E-state index contributed by atoms with van der Waals surface area (Å²) in [6.07, 6.45) is 0. The molecule has 1 saturated heterocycles. The number of hydrogen-bond acceptors (Lipinski definition) is 4. The predicted octanol–water partition coefficient (Wildman–Crippen LogP) is 2.13. The number of phenols is 1. The van der Waals surface area contributed by atoms with Crippen LogP contribution in [0.1, 0.15) is 15.9 Å². The molecule has 0 aliphatic carbocycles. The van der Waals surface area contributed by atoms with Crippen molar-refractivity contribution in [2.45, 2.75) is 11.8 Å². The van der Waals surface area contributed by atoms with Crippen LogP contribution in [0.3, 0.4) is 0 Å². The minimum Gasteiger partial charge on any atom is -0.507 e. The zero-order chi connectivity index (χ0) is 19.8. The molecular formula is C18H18F2N2O4S. The molecule has 144 valence electrons. The van der Waals surface area contributed by atoms with Gasteiger partial charge < -0.3 is 10.0 Å². The minimum atomic E-state index is -3.99. The van der Waals surface area contributed by atoms with Crippen molar-refractivity contribution in [3.8, 4) is 5.75 Å². The number of aryl methyl sites for hydroxylation is 1. The number of aromatic hydroxyl groups is 1. The molecule has 27 heavy (non-hydrogen) atoms. The van der Waals surface area contributed by atoms with Crippen LogP contribution in [0.2, 0.25) is 0 Å². The molecule has 1 aliphatic rings. The molecular weight excluding hydrogens is 378 g/mol. The van der Waals surface area contributed by atoms with Gasteiger partial charge in [0.1, 0.15) is 5.75 Å². The summed E-state index contributed by atoms with van der Waals surface area (Å²) >= 11 is 0. The number of sulfonamides is 1. The SMILES string of the molecule is Cc1ccc(C(=O)N2CCN(S(=O)(=O)c3ccc(F)c(F)c3)CC2)c(O)c1. The summed E-state index contributed by atoms with van der Waals surface area (Å²) in [5, 5.41) is 9.95. The number of carbonyl (C=O) groups excluding carboxylic acids is 1. The van der Waals surface area contributed by atoms with E-state index in [4.69, 9.17) is 0 Å². The molecule has 1 heterocycles. The highest BCUT2D eigenvalue weighted by molar-refractivity contribution is 7.89. The number of phenolic OH excluding ortho intramolecular Hbond substituents is 1. The second-order valence-corrected chi connectivity index (χ2v) is 8.23. The molecule has 1 amide bonds. The maximum absolute atomic E-state index is 13.4. The van der Waals surface area contributed by atoms with E-state index in [9.17, 15) is 27.1 Å². The summed E-state index contributed by atoms with van der Waals surface area (Å²) < 4.78 is 52.7. The highest BCUT2D eigenvalue weighted by Crippen LogP contribution is 2.23. The Balaban J connectivity index is 1.72. The first-order chi connectivity index (χ1) is 12.7. The van der Waals surface area contributed by atoms with Crippen LogP contribution in [-0.4, -0.2) is 54.8 Å². The summed E-state index contributed by atoms with van der Waals surface area (Å²) in [6, 6.07) is 7.13. The van der Waals surface area contributed by atoms with E-state index in [0.717, 1.165) is 22.0 Å². The lowest BCUT2D eigenvalue weighted by Crippen LogP contribution is -2.50. The van der Waals surface area contributed by atoms with Crippen LogP contribution in [0.15, 0.2) is 41.3 Å². The van der Waals surface area contributed by atoms with Crippen LogP contribution in [0.5, 0.6) is 5.75 Å². The van der Waals surface area contributed by atoms with Crippen molar-refractivity contribution in [3.05, 3.63) is 59.2 Å². The molecule has 0 saturated carbocycles. The maximum Gasteiger partial charge on any atom is 0.257 e. The van der Waals surface area contributed by atoms with E-state index < -0.39 is 27.6 Å². The van der Waals surface area contributed by atoms with E-state index in [1.165, 1.54) is 17.0 Å². The predicted molar refractivity (Wildman–Crippen MR) is 93.9 cm³/mol. The summed E-state index contributed by atoms with van der Waals surface area (Å²) in [5.74, 6) is -2.88. The Morgan fingerprint density at radius 1 is 1.00 bits per heavy atom. The van der Waals surface area contributed by atoms with E-state index in [0.29, 0.717) is 6.07 Å². The Hall–Kier alpha value is -2.52. The van der Waals surface area contributed by atoms with E-state index in [-0.39, 0.29) is 42.4 Å². The monoisotopic (exact) mass is 396 g/mol. The number of benzene rings is 2. The highest BCUT2D eigenvalue weighted by atomic mass is 32.2. The third-order valence-corrected chi connectivity index (χ3v) is 6.33. The van der Waals surface area contributed by atoms with Gasteiger partial charge in [0, 0.05) is 26.2 Å². The minimum absolute atomic E-state index is 0.0136. The molecule has 0 bridgehead atoms. The van der Waals surface area contributed by atoms with Gasteiger partial charge in [-0.3, -0.25) is 4.79 Å². The molecule has 3 rings (SSSR count). The number of carbonyl (C=O) groups is 1. The Kier molecular flexibility index (Phi) is 5.16. The average Bonchev–Trinajstić information content (AvgIpc) is 2.63. The number of rotatable bonds is 3. The summed E-state index contributed by atoms with van der Waals surface area (Å²) in [6.45, 7) is 2.05. The topological polar surface area (TPSA) is 77.9 Å². The van der Waals surface area contributed by atoms with Crippen LogP contribution >= 0.6 is 0 Å². The third kappa shape index (κ3) is 3.79. The lowest BCUT2D eigenvalue weighted by Gasteiger charge is -2.34. The van der Waals surface area contributed by atoms with Gasteiger partial charge in [-0.1, -0.05) is 6.07 Å². The Morgan fingerprint density at radius 3 is 2.26 bits per heavy atom. The molecule has 0 radical (unpaired) electrons. The first kappa shape index (κ1) is 19.2. The molecule has 1 fully saturated rings. The van der Waals surface area contributed by atoms with Crippen LogP contribution in [0.4, 0.5) is 8.78 Å². The van der Waals surface area contributed by atoms with Gasteiger partial charge in [-0.2, -0.15) is 4.31 Å². The number of piperazine rings is 1. The van der Waals surface area contributed by atoms with Crippen molar-refractivity contribution in [1.82, 2.24) is 9.21 Å². The standard InChI is InChI=1S/C18H18F2N2O4S/c1-12-2-4-14(17(23)10-12)18(24)21-6-8-22(9-7-21)27(25,26)13-3-5-15(19)16(20)11-13/h2-5,10-11,23H,6-9H2,1H3. The van der Waals surface area contributed by atoms with Crippen molar-refractivity contribution in [2.24, 2.45) is 0 Å². The van der Waals surface area contributed by atoms with E-state index >= 15 is 0 Å². The zero-order valence-corrected chi connectivity index (χ0v) is 15.3. The number of nitrogens with zero attached hydrogens (tertiary/aromatic N) is 2. The van der Waals surface area contributed by atoms with Crippen molar-refractivity contribution < 1.29 is 27.1 Å². The summed E-state index contributed by atoms with van der Waals surface area (Å²) in [4.78, 5) is 13.7. The smallest absolute Gasteiger partial charge is 0.257 e. The van der Waals surface area contributed by atoms with Crippen molar-refractivity contribution >= 4 is 15.9 Å². The molecule has 0 unspecified atom stereocenters. The molecule has 1 aliphatic heterocycles. The fraction of sp³-hybridized carbons (Fsp3) is 0.278. The number of amides is 1. The largest absolute Gasteiger partial charge is 0.507 e. The lowest BCUT2D eigenvalue weighted by atomic mass is 10.1. The molecule has 0 atom stereocenters. The van der Waals surface area contributed by atoms with E-state index in [1.807, 2.05) is 0 Å². The first-order valence-electron chi connectivity index (χ1n) is 8.24. The van der Waals surface area contributed by atoms with Crippen LogP contribution in [0.25, 0.3) is 0 Å². The maximum atomic E-state index is 13.4. The lowest BCUT2D eigenvalue weighted by molar-refractivity contribution is 0.0695. The van der Waals surface area contributed by atoms with Gasteiger partial charge in [0.15, 0.2) is 11.6 Å². The molecule has 2 aromatic rings. The van der Waals surface area contributed by atoms with Gasteiger partial charge in [-0.05, 0) is 42.8 Å². The molecule has 9 heteroatoms. The van der Waals surface area contributed by atoms with Crippen LogP contribution in [0, 0.1) is 18.6 Å². The highest BCUT2D eigenvalue weighted by Gasteiger charge is 2.31. The molecule has 0 spiro atoms. The fourth-order valence-electron chi connectivity index (χ4n) is 2.91. The summed E-state index contributed by atoms with van der Waals surface area (Å²) in [7, 11) is -3.99. The van der Waals surface area contributed by atoms with Gasteiger partial charge in [0.2, 0.25) is 10.0 Å². The van der Waals surface area contributed by atoms with Crippen molar-refractivity contribution in [3.63, 3.8) is 0 Å². The fourth-order valence-corrected chi connectivity index (χ4v) is 4.35. The first-order valence-corrected chi connectivity index (χ1v) is 9.68. The molecule has 0 aromatic heterocycles. The van der Waals surface area contributed by atoms with Gasteiger partial charge in [-0.25, -0.2) is 17.2 Å². The quantitative estimate of drug-likeness (QED) is 0.862. The van der Waals surface area contributed by atoms with E-state index in [2.05, 4.69) is 0 Å². The van der Waals surface area contributed by atoms with Gasteiger partial charge in [0.05, 0.1) is 10.5 Å². The van der Waals surface area contributed by atoms with E-state index in [1.54, 1.807) is 13.0 Å². The van der Waals surface area contributed by atoms with Crippen molar-refractivity contribution in [1.29, 1.82) is 0 Å². The second kappa shape index (κ2) is 7.24. The molecule has 6 nitrogen and oxygen atoms in total. The average molecular weight is 396 g/mol. The third-order valence-electron chi connectivity index (χ3n) is 4.44. The van der Waals surface area contributed by atoms with Crippen LogP contribution < -0.4 is 0 Å². The Labute approximate surface area is 155 Å². The molecule has 2 aromatic carbocycles. The zero-order valence-electron chi connectivity index (χ0n) is 14.5. The number of halogens is 2. The molecule has 1 N–H and O–H groups in total. The van der Waals surface area contributed by atoms with Crippen molar-refractivity contribution in [2.75, 3.05) is 26.2 Å². The van der Waals surface area contributed by atoms with Gasteiger partial charge in [0.25, 0.3) is 5.91 Å². The Morgan fingerprint density at radius 2 is 1.67 bits per heavy atom. The van der Waals surface area contributed by atoms with Gasteiger partial charge >= 0.3 is 0 Å². The normalized spacial score (nSPS) is 15.7. The van der Waals surface area contributed by atoms with Gasteiger partial charge in [-0.15, -0.1) is 0 Å².